The molecule has 0 radical (unpaired) electrons. The number of amides is 1. The van der Waals surface area contributed by atoms with E-state index in [1.54, 1.807) is 0 Å². The van der Waals surface area contributed by atoms with E-state index >= 15 is 0 Å². The van der Waals surface area contributed by atoms with Crippen LogP contribution in [0.2, 0.25) is 0 Å². The summed E-state index contributed by atoms with van der Waals surface area (Å²) in [6.07, 6.45) is 1.32. The van der Waals surface area contributed by atoms with Crippen molar-refractivity contribution in [3.63, 3.8) is 0 Å². The van der Waals surface area contributed by atoms with E-state index in [-0.39, 0.29) is 12.2 Å². The number of aromatic amines is 1. The maximum Gasteiger partial charge on any atom is 0.266 e. The molecule has 8 heteroatoms. The average molecular weight is 338 g/mol. The largest absolute Gasteiger partial charge is 0.370 e. The zero-order valence-corrected chi connectivity index (χ0v) is 10.5. The summed E-state index contributed by atoms with van der Waals surface area (Å²) in [4.78, 5) is 27.9. The van der Waals surface area contributed by atoms with E-state index < -0.39 is 5.91 Å². The molecule has 0 atom stereocenters. The van der Waals surface area contributed by atoms with Gasteiger partial charge in [0.15, 0.2) is 0 Å². The third kappa shape index (κ3) is 4.14. The van der Waals surface area contributed by atoms with Crippen LogP contribution < -0.4 is 16.6 Å². The second kappa shape index (κ2) is 6.43. The summed E-state index contributed by atoms with van der Waals surface area (Å²) < 4.78 is 5.42. The van der Waals surface area contributed by atoms with Gasteiger partial charge in [0.05, 0.1) is 12.9 Å². The van der Waals surface area contributed by atoms with Crippen molar-refractivity contribution in [2.24, 2.45) is 5.73 Å². The molecule has 0 saturated heterocycles. The zero-order valence-electron chi connectivity index (χ0n) is 8.33. The minimum Gasteiger partial charge on any atom is -0.370 e. The minimum absolute atomic E-state index is 0.110. The number of primary amides is 1. The van der Waals surface area contributed by atoms with Gasteiger partial charge in [0.2, 0.25) is 5.91 Å². The molecule has 0 aliphatic rings. The van der Waals surface area contributed by atoms with Gasteiger partial charge in [-0.15, -0.1) is 0 Å². The van der Waals surface area contributed by atoms with Crippen molar-refractivity contribution < 1.29 is 9.53 Å². The third-order valence-corrected chi connectivity index (χ3v) is 2.58. The molecule has 4 N–H and O–H groups in total. The number of rotatable bonds is 6. The maximum absolute atomic E-state index is 11.2. The van der Waals surface area contributed by atoms with Crippen molar-refractivity contribution in [1.29, 1.82) is 0 Å². The lowest BCUT2D eigenvalue weighted by atomic mass is 10.5. The summed E-state index contributed by atoms with van der Waals surface area (Å²) in [5.74, 6) is -0.0177. The van der Waals surface area contributed by atoms with E-state index in [0.717, 1.165) is 0 Å². The maximum atomic E-state index is 11.2. The monoisotopic (exact) mass is 338 g/mol. The molecule has 16 heavy (non-hydrogen) atoms. The molecule has 0 unspecified atom stereocenters. The fourth-order valence-corrected chi connectivity index (χ4v) is 1.41. The van der Waals surface area contributed by atoms with Crippen LogP contribution in [0.3, 0.4) is 0 Å². The Morgan fingerprint density at radius 2 is 2.44 bits per heavy atom. The second-order valence-electron chi connectivity index (χ2n) is 2.84. The SMILES string of the molecule is NC(=O)COCCNc1nc[nH]c(=O)c1I. The van der Waals surface area contributed by atoms with E-state index in [2.05, 4.69) is 15.3 Å². The van der Waals surface area contributed by atoms with Gasteiger partial charge in [-0.2, -0.15) is 0 Å². The van der Waals surface area contributed by atoms with Crippen molar-refractivity contribution >= 4 is 34.3 Å². The Morgan fingerprint density at radius 3 is 3.12 bits per heavy atom. The molecule has 0 spiro atoms. The third-order valence-electron chi connectivity index (χ3n) is 1.58. The topological polar surface area (TPSA) is 110 Å². The molecule has 7 nitrogen and oxygen atoms in total. The number of ether oxygens (including phenoxy) is 1. The normalized spacial score (nSPS) is 10.1. The highest BCUT2D eigenvalue weighted by Crippen LogP contribution is 2.07. The molecular formula is C8H11IN4O3. The van der Waals surface area contributed by atoms with Crippen LogP contribution in [0.4, 0.5) is 5.82 Å². The number of hydrogen-bond acceptors (Lipinski definition) is 5. The van der Waals surface area contributed by atoms with Crippen LogP contribution in [-0.2, 0) is 9.53 Å². The molecule has 0 aromatic carbocycles. The Bertz CT molecular complexity index is 420. The lowest BCUT2D eigenvalue weighted by Gasteiger charge is -2.06. The fraction of sp³-hybridized carbons (Fsp3) is 0.375. The lowest BCUT2D eigenvalue weighted by Crippen LogP contribution is -2.21. The quantitative estimate of drug-likeness (QED) is 0.469. The van der Waals surface area contributed by atoms with Gasteiger partial charge >= 0.3 is 0 Å². The Kier molecular flexibility index (Phi) is 5.19. The van der Waals surface area contributed by atoms with Crippen LogP contribution in [0.15, 0.2) is 11.1 Å². The molecule has 0 fully saturated rings. The van der Waals surface area contributed by atoms with E-state index in [1.165, 1.54) is 6.33 Å². The lowest BCUT2D eigenvalue weighted by molar-refractivity contribution is -0.122. The first-order valence-corrected chi connectivity index (χ1v) is 5.52. The summed E-state index contributed by atoms with van der Waals surface area (Å²) in [5, 5.41) is 2.91. The van der Waals surface area contributed by atoms with Crippen LogP contribution >= 0.6 is 22.6 Å². The molecule has 1 amide bonds. The number of halogens is 1. The number of aromatic nitrogens is 2. The average Bonchev–Trinajstić information content (AvgIpc) is 2.23. The predicted molar refractivity (Wildman–Crippen MR) is 66.1 cm³/mol. The van der Waals surface area contributed by atoms with Crippen LogP contribution in [0.25, 0.3) is 0 Å². The van der Waals surface area contributed by atoms with Gasteiger partial charge in [-0.3, -0.25) is 9.59 Å². The number of nitrogens with two attached hydrogens (primary N) is 1. The van der Waals surface area contributed by atoms with Gasteiger partial charge in [0.25, 0.3) is 5.56 Å². The van der Waals surface area contributed by atoms with Gasteiger partial charge in [-0.05, 0) is 22.6 Å². The van der Waals surface area contributed by atoms with Crippen molar-refractivity contribution in [3.05, 3.63) is 20.3 Å². The number of H-pyrrole nitrogens is 1. The Hall–Kier alpha value is -1.16. The Balaban J connectivity index is 2.35. The number of hydrogen-bond donors (Lipinski definition) is 3. The highest BCUT2D eigenvalue weighted by Gasteiger charge is 2.03. The van der Waals surface area contributed by atoms with Gasteiger partial charge in [-0.25, -0.2) is 4.98 Å². The fourth-order valence-electron chi connectivity index (χ4n) is 0.921. The number of carbonyl (C=O) groups is 1. The van der Waals surface area contributed by atoms with Crippen LogP contribution in [0.1, 0.15) is 0 Å². The van der Waals surface area contributed by atoms with Crippen LogP contribution in [-0.4, -0.2) is 35.6 Å². The van der Waals surface area contributed by atoms with E-state index in [1.807, 2.05) is 22.6 Å². The standard InChI is InChI=1S/C8H11IN4O3/c9-6-7(12-4-13-8(6)15)11-1-2-16-3-5(10)14/h4H,1-3H2,(H2,10,14)(H2,11,12,13,15). The number of nitrogens with zero attached hydrogens (tertiary/aromatic N) is 1. The predicted octanol–water partition coefficient (Wildman–Crippen LogP) is -0.712. The number of nitrogens with one attached hydrogen (secondary N) is 2. The number of carbonyl (C=O) groups excluding carboxylic acids is 1. The Labute approximate surface area is 105 Å². The molecule has 0 aliphatic carbocycles. The first-order valence-electron chi connectivity index (χ1n) is 4.44. The first-order chi connectivity index (χ1) is 7.61. The van der Waals surface area contributed by atoms with Gasteiger partial charge in [-0.1, -0.05) is 0 Å². The van der Waals surface area contributed by atoms with Gasteiger partial charge in [0.1, 0.15) is 16.0 Å². The highest BCUT2D eigenvalue weighted by molar-refractivity contribution is 14.1. The molecule has 0 saturated carbocycles. The van der Waals surface area contributed by atoms with E-state index in [4.69, 9.17) is 10.5 Å². The molecule has 1 rings (SSSR count). The van der Waals surface area contributed by atoms with Gasteiger partial charge < -0.3 is 20.8 Å². The Morgan fingerprint density at radius 1 is 1.69 bits per heavy atom. The molecule has 0 bridgehead atoms. The van der Waals surface area contributed by atoms with Crippen LogP contribution in [0.5, 0.6) is 0 Å². The van der Waals surface area contributed by atoms with Crippen molar-refractivity contribution in [3.8, 4) is 0 Å². The molecule has 1 aromatic rings. The molecule has 1 aromatic heterocycles. The molecule has 1 heterocycles. The summed E-state index contributed by atoms with van der Waals surface area (Å²) in [6, 6.07) is 0. The van der Waals surface area contributed by atoms with Crippen molar-refractivity contribution in [2.75, 3.05) is 25.1 Å². The molecule has 88 valence electrons. The summed E-state index contributed by atoms with van der Waals surface area (Å²) in [6.45, 7) is 0.648. The summed E-state index contributed by atoms with van der Waals surface area (Å²) >= 11 is 1.89. The summed E-state index contributed by atoms with van der Waals surface area (Å²) in [7, 11) is 0. The van der Waals surface area contributed by atoms with Crippen molar-refractivity contribution in [1.82, 2.24) is 9.97 Å². The summed E-state index contributed by atoms with van der Waals surface area (Å²) in [5.41, 5.74) is 4.69. The van der Waals surface area contributed by atoms with E-state index in [9.17, 15) is 9.59 Å². The molecular weight excluding hydrogens is 327 g/mol. The van der Waals surface area contributed by atoms with Gasteiger partial charge in [0, 0.05) is 6.54 Å². The highest BCUT2D eigenvalue weighted by atomic mass is 127. The van der Waals surface area contributed by atoms with E-state index in [0.29, 0.717) is 22.5 Å². The van der Waals surface area contributed by atoms with Crippen molar-refractivity contribution in [2.45, 2.75) is 0 Å². The minimum atomic E-state index is -0.510. The van der Waals surface area contributed by atoms with Crippen LogP contribution in [0, 0.1) is 3.57 Å². The second-order valence-corrected chi connectivity index (χ2v) is 3.92. The smallest absolute Gasteiger partial charge is 0.266 e. The molecule has 0 aliphatic heterocycles. The zero-order chi connectivity index (χ0) is 12.0. The number of anilines is 1. The first kappa shape index (κ1) is 12.9.